The van der Waals surface area contributed by atoms with Crippen LogP contribution in [0.25, 0.3) is 11.3 Å². The van der Waals surface area contributed by atoms with Crippen LogP contribution in [0.15, 0.2) is 12.1 Å². The van der Waals surface area contributed by atoms with Gasteiger partial charge in [-0.05, 0) is 18.6 Å². The summed E-state index contributed by atoms with van der Waals surface area (Å²) in [7, 11) is 0. The second-order valence-corrected chi connectivity index (χ2v) is 5.39. The van der Waals surface area contributed by atoms with E-state index in [0.29, 0.717) is 22.4 Å². The summed E-state index contributed by atoms with van der Waals surface area (Å²) in [5.74, 6) is 0.944. The molecular formula is C14H13Cl2N3O. The first-order valence-corrected chi connectivity index (χ1v) is 7.13. The first-order chi connectivity index (χ1) is 9.60. The van der Waals surface area contributed by atoms with Crippen molar-refractivity contribution in [1.29, 1.82) is 0 Å². The van der Waals surface area contributed by atoms with Crippen molar-refractivity contribution in [1.82, 2.24) is 9.97 Å². The Balaban J connectivity index is 2.25. The van der Waals surface area contributed by atoms with Gasteiger partial charge in [0.05, 0.1) is 22.3 Å². The van der Waals surface area contributed by atoms with E-state index < -0.39 is 0 Å². The number of halogens is 2. The Morgan fingerprint density at radius 1 is 1.25 bits per heavy atom. The molecule has 0 spiro atoms. The molecule has 0 fully saturated rings. The summed E-state index contributed by atoms with van der Waals surface area (Å²) < 4.78 is 5.57. The quantitative estimate of drug-likeness (QED) is 0.922. The van der Waals surface area contributed by atoms with Crippen molar-refractivity contribution in [2.75, 3.05) is 12.3 Å². The number of fused-ring (bicyclic) bond motifs is 1. The zero-order valence-electron chi connectivity index (χ0n) is 10.9. The van der Waals surface area contributed by atoms with Crippen LogP contribution < -0.4 is 10.5 Å². The number of hydrogen-bond acceptors (Lipinski definition) is 4. The van der Waals surface area contributed by atoms with Gasteiger partial charge in [-0.15, -0.1) is 0 Å². The molecule has 1 aromatic heterocycles. The molecule has 2 aromatic rings. The molecule has 0 bridgehead atoms. The highest BCUT2D eigenvalue weighted by Gasteiger charge is 2.24. The van der Waals surface area contributed by atoms with Gasteiger partial charge >= 0.3 is 0 Å². The third-order valence-corrected chi connectivity index (χ3v) is 3.88. The maximum atomic E-state index is 6.35. The minimum atomic E-state index is 0.248. The average Bonchev–Trinajstić information content (AvgIpc) is 2.87. The zero-order valence-corrected chi connectivity index (χ0v) is 12.4. The molecule has 20 heavy (non-hydrogen) atoms. The van der Waals surface area contributed by atoms with Crippen LogP contribution >= 0.6 is 23.2 Å². The van der Waals surface area contributed by atoms with Gasteiger partial charge in [0.1, 0.15) is 5.75 Å². The number of nitrogens with zero attached hydrogens (tertiary/aromatic N) is 2. The van der Waals surface area contributed by atoms with E-state index in [1.54, 1.807) is 6.07 Å². The van der Waals surface area contributed by atoms with Crippen molar-refractivity contribution in [3.63, 3.8) is 0 Å². The monoisotopic (exact) mass is 309 g/mol. The summed E-state index contributed by atoms with van der Waals surface area (Å²) in [6, 6.07) is 3.59. The van der Waals surface area contributed by atoms with Crippen LogP contribution in [0, 0.1) is 0 Å². The van der Waals surface area contributed by atoms with E-state index in [1.165, 1.54) is 0 Å². The summed E-state index contributed by atoms with van der Waals surface area (Å²) in [4.78, 5) is 8.49. The van der Waals surface area contributed by atoms with E-state index in [1.807, 2.05) is 13.0 Å². The Hall–Kier alpha value is -1.52. The van der Waals surface area contributed by atoms with Crippen LogP contribution in [0.5, 0.6) is 5.75 Å². The molecule has 4 nitrogen and oxygen atoms in total. The number of ether oxygens (including phenoxy) is 1. The lowest BCUT2D eigenvalue weighted by atomic mass is 10.0. The largest absolute Gasteiger partial charge is 0.491 e. The average molecular weight is 310 g/mol. The highest BCUT2D eigenvalue weighted by Crippen LogP contribution is 2.44. The van der Waals surface area contributed by atoms with Gasteiger partial charge in [-0.2, -0.15) is 0 Å². The fraction of sp³-hybridized carbons (Fsp3) is 0.286. The summed E-state index contributed by atoms with van der Waals surface area (Å²) in [5, 5.41) is 1.09. The maximum absolute atomic E-state index is 6.35. The third kappa shape index (κ3) is 2.19. The van der Waals surface area contributed by atoms with Gasteiger partial charge in [-0.1, -0.05) is 30.1 Å². The van der Waals surface area contributed by atoms with Crippen molar-refractivity contribution in [3.8, 4) is 17.0 Å². The molecule has 1 aliphatic heterocycles. The second-order valence-electron chi connectivity index (χ2n) is 4.58. The van der Waals surface area contributed by atoms with E-state index in [-0.39, 0.29) is 5.95 Å². The van der Waals surface area contributed by atoms with Crippen molar-refractivity contribution in [2.45, 2.75) is 19.8 Å². The lowest BCUT2D eigenvalue weighted by Crippen LogP contribution is -2.01. The van der Waals surface area contributed by atoms with Crippen LogP contribution in [-0.2, 0) is 12.8 Å². The number of rotatable bonds is 2. The van der Waals surface area contributed by atoms with Gasteiger partial charge in [0, 0.05) is 23.2 Å². The summed E-state index contributed by atoms with van der Waals surface area (Å²) >= 11 is 12.5. The van der Waals surface area contributed by atoms with Gasteiger partial charge < -0.3 is 10.5 Å². The standard InChI is InChI=1S/C14H13Cl2N3O/c1-2-7-5-11(19-14(17)18-7)12-8-3-4-20-13(8)10(16)6-9(12)15/h5-6H,2-4H2,1H3,(H2,17,18,19). The lowest BCUT2D eigenvalue weighted by Gasteiger charge is -2.12. The number of anilines is 1. The third-order valence-electron chi connectivity index (χ3n) is 3.30. The Morgan fingerprint density at radius 2 is 2.05 bits per heavy atom. The molecule has 0 atom stereocenters. The molecule has 0 saturated heterocycles. The highest BCUT2D eigenvalue weighted by molar-refractivity contribution is 6.37. The Bertz CT molecular complexity index is 689. The van der Waals surface area contributed by atoms with Gasteiger partial charge in [0.15, 0.2) is 0 Å². The van der Waals surface area contributed by atoms with Crippen LogP contribution in [0.1, 0.15) is 18.2 Å². The Labute approximate surface area is 126 Å². The minimum Gasteiger partial charge on any atom is -0.491 e. The molecule has 0 saturated carbocycles. The summed E-state index contributed by atoms with van der Waals surface area (Å²) in [5.41, 5.74) is 9.20. The van der Waals surface area contributed by atoms with Crippen LogP contribution in [0.3, 0.4) is 0 Å². The second kappa shape index (κ2) is 5.11. The summed E-state index contributed by atoms with van der Waals surface area (Å²) in [6.45, 7) is 2.62. The van der Waals surface area contributed by atoms with Crippen LogP contribution in [0.2, 0.25) is 10.0 Å². The number of nitrogens with two attached hydrogens (primary N) is 1. The van der Waals surface area contributed by atoms with Crippen molar-refractivity contribution in [2.24, 2.45) is 0 Å². The SMILES string of the molecule is CCc1cc(-c2c(Cl)cc(Cl)c3c2CCO3)nc(N)n1. The number of aryl methyl sites for hydroxylation is 1. The van der Waals surface area contributed by atoms with Crippen LogP contribution in [0.4, 0.5) is 5.95 Å². The molecule has 0 radical (unpaired) electrons. The number of hydrogen-bond donors (Lipinski definition) is 1. The normalized spacial score (nSPS) is 13.2. The van der Waals surface area contributed by atoms with Gasteiger partial charge in [-0.3, -0.25) is 0 Å². The predicted molar refractivity (Wildman–Crippen MR) is 80.5 cm³/mol. The highest BCUT2D eigenvalue weighted by atomic mass is 35.5. The number of aromatic nitrogens is 2. The number of benzene rings is 1. The molecule has 3 rings (SSSR count). The molecule has 1 aromatic carbocycles. The van der Waals surface area contributed by atoms with Gasteiger partial charge in [0.2, 0.25) is 5.95 Å². The molecule has 6 heteroatoms. The van der Waals surface area contributed by atoms with E-state index >= 15 is 0 Å². The first-order valence-electron chi connectivity index (χ1n) is 6.37. The van der Waals surface area contributed by atoms with Crippen molar-refractivity contribution < 1.29 is 4.74 Å². The molecule has 2 heterocycles. The zero-order chi connectivity index (χ0) is 14.3. The molecule has 2 N–H and O–H groups in total. The molecule has 104 valence electrons. The van der Waals surface area contributed by atoms with Gasteiger partial charge in [-0.25, -0.2) is 9.97 Å². The molecule has 1 aliphatic rings. The fourth-order valence-electron chi connectivity index (χ4n) is 2.40. The molecule has 0 unspecified atom stereocenters. The van der Waals surface area contributed by atoms with E-state index in [2.05, 4.69) is 9.97 Å². The van der Waals surface area contributed by atoms with Crippen molar-refractivity contribution >= 4 is 29.2 Å². The maximum Gasteiger partial charge on any atom is 0.220 e. The van der Waals surface area contributed by atoms with Crippen LogP contribution in [-0.4, -0.2) is 16.6 Å². The van der Waals surface area contributed by atoms with E-state index in [9.17, 15) is 0 Å². The molecule has 0 amide bonds. The summed E-state index contributed by atoms with van der Waals surface area (Å²) in [6.07, 6.45) is 1.54. The first kappa shape index (κ1) is 13.5. The Kier molecular flexibility index (Phi) is 3.44. The molecular weight excluding hydrogens is 297 g/mol. The van der Waals surface area contributed by atoms with E-state index in [4.69, 9.17) is 33.7 Å². The van der Waals surface area contributed by atoms with E-state index in [0.717, 1.165) is 35.4 Å². The fourth-order valence-corrected chi connectivity index (χ4v) is 3.06. The lowest BCUT2D eigenvalue weighted by molar-refractivity contribution is 0.357. The van der Waals surface area contributed by atoms with Gasteiger partial charge in [0.25, 0.3) is 0 Å². The van der Waals surface area contributed by atoms with Crippen molar-refractivity contribution in [3.05, 3.63) is 33.4 Å². The minimum absolute atomic E-state index is 0.248. The number of nitrogen functional groups attached to an aromatic ring is 1. The predicted octanol–water partition coefficient (Wildman–Crippen LogP) is 3.53. The Morgan fingerprint density at radius 3 is 2.80 bits per heavy atom. The molecule has 0 aliphatic carbocycles. The smallest absolute Gasteiger partial charge is 0.220 e. The topological polar surface area (TPSA) is 61.0 Å².